The van der Waals surface area contributed by atoms with E-state index in [4.69, 9.17) is 16.1 Å². The Balaban J connectivity index is 1.93. The predicted octanol–water partition coefficient (Wildman–Crippen LogP) is 5.74. The molecule has 0 saturated heterocycles. The zero-order chi connectivity index (χ0) is 27.9. The van der Waals surface area contributed by atoms with E-state index in [9.17, 15) is 14.4 Å². The van der Waals surface area contributed by atoms with E-state index < -0.39 is 11.6 Å². The van der Waals surface area contributed by atoms with Crippen LogP contribution in [0.2, 0.25) is 5.02 Å². The molecule has 0 fully saturated rings. The van der Waals surface area contributed by atoms with Crippen LogP contribution >= 0.6 is 11.6 Å². The fourth-order valence-corrected chi connectivity index (χ4v) is 4.09. The molecule has 202 valence electrons. The molecule has 0 aliphatic rings. The summed E-state index contributed by atoms with van der Waals surface area (Å²) in [7, 11) is 0. The highest BCUT2D eigenvalue weighted by Crippen LogP contribution is 2.31. The van der Waals surface area contributed by atoms with Crippen LogP contribution in [0.4, 0.5) is 5.82 Å². The normalized spacial score (nSPS) is 12.1. The van der Waals surface area contributed by atoms with Crippen molar-refractivity contribution in [3.63, 3.8) is 0 Å². The number of aryl methyl sites for hydroxylation is 2. The van der Waals surface area contributed by atoms with E-state index in [1.807, 2.05) is 52.0 Å². The largest absolute Gasteiger partial charge is 0.360 e. The molecule has 2 N–H and O–H groups in total. The minimum absolute atomic E-state index is 0.0908. The summed E-state index contributed by atoms with van der Waals surface area (Å²) in [5.74, 6) is -0.233. The van der Waals surface area contributed by atoms with Gasteiger partial charge in [-0.25, -0.2) is 0 Å². The van der Waals surface area contributed by atoms with Gasteiger partial charge in [-0.1, -0.05) is 71.7 Å². The van der Waals surface area contributed by atoms with Gasteiger partial charge in [0.1, 0.15) is 11.8 Å². The second kappa shape index (κ2) is 12.7. The Kier molecular flexibility index (Phi) is 9.69. The summed E-state index contributed by atoms with van der Waals surface area (Å²) < 4.78 is 4.97. The predicted molar refractivity (Wildman–Crippen MR) is 148 cm³/mol. The van der Waals surface area contributed by atoms with Crippen molar-refractivity contribution in [3.05, 3.63) is 82.1 Å². The van der Waals surface area contributed by atoms with Gasteiger partial charge in [0.2, 0.25) is 17.7 Å². The van der Waals surface area contributed by atoms with Crippen LogP contribution in [0.5, 0.6) is 0 Å². The van der Waals surface area contributed by atoms with Crippen molar-refractivity contribution in [1.29, 1.82) is 0 Å². The number of carbonyl (C=O) groups is 3. The summed E-state index contributed by atoms with van der Waals surface area (Å²) in [5.41, 5.74) is 1.95. The van der Waals surface area contributed by atoms with Gasteiger partial charge in [-0.2, -0.15) is 0 Å². The minimum Gasteiger partial charge on any atom is -0.360 e. The molecule has 3 rings (SSSR count). The lowest BCUT2D eigenvalue weighted by Gasteiger charge is -2.35. The molecule has 3 amide bonds. The summed E-state index contributed by atoms with van der Waals surface area (Å²) in [6, 6.07) is 15.4. The lowest BCUT2D eigenvalue weighted by Crippen LogP contribution is -2.50. The molecule has 0 bridgehead atoms. The molecule has 1 heterocycles. The fourth-order valence-electron chi connectivity index (χ4n) is 3.85. The van der Waals surface area contributed by atoms with Gasteiger partial charge in [0.05, 0.1) is 0 Å². The molecule has 2 aromatic carbocycles. The first kappa shape index (κ1) is 28.9. The zero-order valence-corrected chi connectivity index (χ0v) is 23.3. The second-order valence-corrected chi connectivity index (χ2v) is 10.4. The average molecular weight is 539 g/mol. The van der Waals surface area contributed by atoms with E-state index in [0.717, 1.165) is 11.1 Å². The van der Waals surface area contributed by atoms with Gasteiger partial charge < -0.3 is 20.1 Å². The third kappa shape index (κ3) is 7.92. The highest BCUT2D eigenvalue weighted by Gasteiger charge is 2.35. The van der Waals surface area contributed by atoms with E-state index in [1.165, 1.54) is 4.90 Å². The third-order valence-electron chi connectivity index (χ3n) is 6.36. The van der Waals surface area contributed by atoms with Crippen molar-refractivity contribution in [1.82, 2.24) is 15.4 Å². The first-order valence-corrected chi connectivity index (χ1v) is 13.0. The number of halogens is 1. The van der Waals surface area contributed by atoms with Crippen molar-refractivity contribution in [3.8, 4) is 0 Å². The molecule has 8 nitrogen and oxygen atoms in total. The SMILES string of the molecule is CCC(C)(C)NC(=O)[C@@H](c1ccccc1Cl)N(Cc1ccc(C)cc1)C(=O)CCC(=O)Nc1cc(C)on1. The number of anilines is 1. The molecule has 1 atom stereocenters. The van der Waals surface area contributed by atoms with Crippen molar-refractivity contribution in [2.75, 3.05) is 5.32 Å². The van der Waals surface area contributed by atoms with Gasteiger partial charge in [0, 0.05) is 41.6 Å². The number of hydrogen-bond acceptors (Lipinski definition) is 5. The number of amides is 3. The highest BCUT2D eigenvalue weighted by molar-refractivity contribution is 6.31. The molecule has 0 unspecified atom stereocenters. The molecule has 1 aromatic heterocycles. The molecule has 0 spiro atoms. The molecular weight excluding hydrogens is 504 g/mol. The van der Waals surface area contributed by atoms with Gasteiger partial charge >= 0.3 is 0 Å². The van der Waals surface area contributed by atoms with Crippen LogP contribution in [-0.2, 0) is 20.9 Å². The Morgan fingerprint density at radius 1 is 1.05 bits per heavy atom. The first-order chi connectivity index (χ1) is 18.0. The average Bonchev–Trinajstić information content (AvgIpc) is 3.28. The standard InChI is InChI=1S/C29H35ClN4O4/c1-6-29(4,5)32-28(37)27(22-9-7-8-10-23(22)30)34(18-21-13-11-19(2)12-14-21)26(36)16-15-25(35)31-24-17-20(3)38-33-24/h7-14,17,27H,6,15-16,18H2,1-5H3,(H,32,37)(H,31,33,35)/t27-/m1/s1. The molecule has 0 aliphatic heterocycles. The van der Waals surface area contributed by atoms with Gasteiger partial charge in [-0.3, -0.25) is 14.4 Å². The molecule has 0 saturated carbocycles. The maximum absolute atomic E-state index is 13.8. The van der Waals surface area contributed by atoms with Crippen LogP contribution in [0.25, 0.3) is 0 Å². The quantitative estimate of drug-likeness (QED) is 0.324. The Hall–Kier alpha value is -3.65. The number of nitrogens with one attached hydrogen (secondary N) is 2. The van der Waals surface area contributed by atoms with Crippen LogP contribution in [0, 0.1) is 13.8 Å². The van der Waals surface area contributed by atoms with Gasteiger partial charge in [-0.05, 0) is 45.7 Å². The first-order valence-electron chi connectivity index (χ1n) is 12.6. The molecule has 0 aliphatic carbocycles. The van der Waals surface area contributed by atoms with Gasteiger partial charge in [0.15, 0.2) is 5.82 Å². The van der Waals surface area contributed by atoms with Crippen LogP contribution in [0.15, 0.2) is 59.1 Å². The molecule has 38 heavy (non-hydrogen) atoms. The van der Waals surface area contributed by atoms with Crippen molar-refractivity contribution >= 4 is 35.1 Å². The number of aromatic nitrogens is 1. The van der Waals surface area contributed by atoms with Gasteiger partial charge in [0.25, 0.3) is 0 Å². The van der Waals surface area contributed by atoms with Crippen molar-refractivity contribution in [2.24, 2.45) is 0 Å². The molecular formula is C29H35ClN4O4. The van der Waals surface area contributed by atoms with Crippen LogP contribution in [-0.4, -0.2) is 33.3 Å². The summed E-state index contributed by atoms with van der Waals surface area (Å²) in [4.78, 5) is 41.5. The Labute approximate surface area is 228 Å². The molecule has 0 radical (unpaired) electrons. The van der Waals surface area contributed by atoms with E-state index in [2.05, 4.69) is 15.8 Å². The molecule has 9 heteroatoms. The third-order valence-corrected chi connectivity index (χ3v) is 6.70. The maximum atomic E-state index is 13.8. The minimum atomic E-state index is -0.996. The van der Waals surface area contributed by atoms with Crippen molar-refractivity contribution in [2.45, 2.75) is 72.0 Å². The summed E-state index contributed by atoms with van der Waals surface area (Å²) >= 11 is 6.56. The Bertz CT molecular complexity index is 1270. The van der Waals surface area contributed by atoms with E-state index >= 15 is 0 Å². The summed E-state index contributed by atoms with van der Waals surface area (Å²) in [5, 5.41) is 9.83. The number of nitrogens with zero attached hydrogens (tertiary/aromatic N) is 2. The maximum Gasteiger partial charge on any atom is 0.247 e. The highest BCUT2D eigenvalue weighted by atomic mass is 35.5. The van der Waals surface area contributed by atoms with E-state index in [-0.39, 0.29) is 42.9 Å². The zero-order valence-electron chi connectivity index (χ0n) is 22.5. The second-order valence-electron chi connectivity index (χ2n) is 10.0. The topological polar surface area (TPSA) is 105 Å². The number of rotatable bonds is 11. The van der Waals surface area contributed by atoms with E-state index in [1.54, 1.807) is 37.3 Å². The lowest BCUT2D eigenvalue weighted by atomic mass is 9.97. The Morgan fingerprint density at radius 2 is 1.74 bits per heavy atom. The fraction of sp³-hybridized carbons (Fsp3) is 0.379. The number of carbonyl (C=O) groups excluding carboxylic acids is 3. The molecule has 3 aromatic rings. The monoisotopic (exact) mass is 538 g/mol. The van der Waals surface area contributed by atoms with Crippen LogP contribution in [0.3, 0.4) is 0 Å². The smallest absolute Gasteiger partial charge is 0.247 e. The summed E-state index contributed by atoms with van der Waals surface area (Å²) in [6.45, 7) is 9.70. The summed E-state index contributed by atoms with van der Waals surface area (Å²) in [6.07, 6.45) is 0.494. The lowest BCUT2D eigenvalue weighted by molar-refractivity contribution is -0.142. The van der Waals surface area contributed by atoms with Crippen molar-refractivity contribution < 1.29 is 18.9 Å². The number of hydrogen-bond donors (Lipinski definition) is 2. The Morgan fingerprint density at radius 3 is 2.34 bits per heavy atom. The van der Waals surface area contributed by atoms with Crippen LogP contribution in [0.1, 0.15) is 68.5 Å². The number of benzene rings is 2. The van der Waals surface area contributed by atoms with E-state index in [0.29, 0.717) is 22.8 Å². The van der Waals surface area contributed by atoms with Gasteiger partial charge in [-0.15, -0.1) is 0 Å². The van der Waals surface area contributed by atoms with Crippen LogP contribution < -0.4 is 10.6 Å².